The highest BCUT2D eigenvalue weighted by Crippen LogP contribution is 2.37. The van der Waals surface area contributed by atoms with Crippen LogP contribution < -0.4 is 14.8 Å². The van der Waals surface area contributed by atoms with Gasteiger partial charge in [-0.25, -0.2) is 9.50 Å². The molecule has 11 heteroatoms. The Bertz CT molecular complexity index is 1320. The van der Waals surface area contributed by atoms with Crippen molar-refractivity contribution in [2.24, 2.45) is 0 Å². The van der Waals surface area contributed by atoms with Crippen LogP contribution in [0, 0.1) is 0 Å². The predicted molar refractivity (Wildman–Crippen MR) is 105 cm³/mol. The van der Waals surface area contributed by atoms with Crippen molar-refractivity contribution in [1.82, 2.24) is 24.9 Å². The average Bonchev–Trinajstić information content (AvgIpc) is 3.43. The van der Waals surface area contributed by atoms with Gasteiger partial charge in [0.05, 0.1) is 11.9 Å². The zero-order chi connectivity index (χ0) is 22.3. The number of halogens is 3. The van der Waals surface area contributed by atoms with Crippen LogP contribution in [0.3, 0.4) is 0 Å². The summed E-state index contributed by atoms with van der Waals surface area (Å²) in [5, 5.41) is 6.42. The minimum absolute atomic E-state index is 0.0185. The molecule has 3 aromatic heterocycles. The Morgan fingerprint density at radius 2 is 1.97 bits per heavy atom. The van der Waals surface area contributed by atoms with E-state index < -0.39 is 17.8 Å². The normalized spacial score (nSPS) is 12.8. The number of carbonyl (C=O) groups excluding carboxylic acids is 1. The van der Waals surface area contributed by atoms with Gasteiger partial charge >= 0.3 is 6.18 Å². The van der Waals surface area contributed by atoms with Gasteiger partial charge in [-0.3, -0.25) is 9.78 Å². The molecule has 0 radical (unpaired) electrons. The first-order valence-corrected chi connectivity index (χ1v) is 9.43. The lowest BCUT2D eigenvalue weighted by Crippen LogP contribution is -2.23. The molecule has 0 saturated carbocycles. The molecular formula is C21H14F3N5O3. The number of amides is 1. The first-order valence-electron chi connectivity index (χ1n) is 9.43. The summed E-state index contributed by atoms with van der Waals surface area (Å²) < 4.78 is 52.5. The molecule has 0 saturated heterocycles. The van der Waals surface area contributed by atoms with E-state index in [-0.39, 0.29) is 30.2 Å². The highest BCUT2D eigenvalue weighted by atomic mass is 19.4. The molecule has 1 aliphatic heterocycles. The second-order valence-electron chi connectivity index (χ2n) is 6.93. The van der Waals surface area contributed by atoms with Crippen LogP contribution in [0.1, 0.15) is 21.6 Å². The maximum atomic E-state index is 13.8. The Morgan fingerprint density at radius 1 is 1.12 bits per heavy atom. The minimum atomic E-state index is -4.72. The van der Waals surface area contributed by atoms with Gasteiger partial charge < -0.3 is 14.8 Å². The van der Waals surface area contributed by atoms with Gasteiger partial charge in [-0.1, -0.05) is 6.07 Å². The Hall–Kier alpha value is -4.15. The van der Waals surface area contributed by atoms with Crippen LogP contribution in [0.2, 0.25) is 0 Å². The summed E-state index contributed by atoms with van der Waals surface area (Å²) in [7, 11) is 0. The van der Waals surface area contributed by atoms with Crippen LogP contribution >= 0.6 is 0 Å². The molecule has 0 bridgehead atoms. The van der Waals surface area contributed by atoms with Gasteiger partial charge in [0.2, 0.25) is 6.79 Å². The third-order valence-corrected chi connectivity index (χ3v) is 4.85. The summed E-state index contributed by atoms with van der Waals surface area (Å²) in [6.07, 6.45) is -0.480. The van der Waals surface area contributed by atoms with Crippen molar-refractivity contribution >= 4 is 11.6 Å². The second-order valence-corrected chi connectivity index (χ2v) is 6.93. The zero-order valence-corrected chi connectivity index (χ0v) is 16.3. The third-order valence-electron chi connectivity index (χ3n) is 4.85. The van der Waals surface area contributed by atoms with Crippen LogP contribution in [0.4, 0.5) is 13.2 Å². The van der Waals surface area contributed by atoms with Crippen LogP contribution in [0.25, 0.3) is 16.9 Å². The number of benzene rings is 1. The summed E-state index contributed by atoms with van der Waals surface area (Å²) in [5.41, 5.74) is -0.211. The van der Waals surface area contributed by atoms with Crippen LogP contribution in [-0.4, -0.2) is 32.3 Å². The fourth-order valence-electron chi connectivity index (χ4n) is 3.31. The number of aromatic nitrogens is 4. The van der Waals surface area contributed by atoms with E-state index in [0.717, 1.165) is 17.8 Å². The molecule has 1 aromatic carbocycles. The van der Waals surface area contributed by atoms with E-state index in [0.29, 0.717) is 21.6 Å². The van der Waals surface area contributed by atoms with E-state index in [1.807, 2.05) is 0 Å². The molecular weight excluding hydrogens is 427 g/mol. The van der Waals surface area contributed by atoms with Gasteiger partial charge in [0.1, 0.15) is 5.56 Å². The Labute approximate surface area is 178 Å². The number of nitrogens with one attached hydrogen (secondary N) is 1. The van der Waals surface area contributed by atoms with Gasteiger partial charge in [-0.2, -0.15) is 18.3 Å². The summed E-state index contributed by atoms with van der Waals surface area (Å²) in [6.45, 7) is 0.181. The second kappa shape index (κ2) is 7.52. The maximum Gasteiger partial charge on any atom is 0.433 e. The number of alkyl halides is 3. The highest BCUT2D eigenvalue weighted by molar-refractivity contribution is 5.99. The number of rotatable bonds is 4. The van der Waals surface area contributed by atoms with Gasteiger partial charge in [-0.05, 0) is 35.9 Å². The summed E-state index contributed by atoms with van der Waals surface area (Å²) >= 11 is 0. The van der Waals surface area contributed by atoms with E-state index in [1.165, 1.54) is 0 Å². The molecule has 0 unspecified atom stereocenters. The maximum absolute atomic E-state index is 13.8. The van der Waals surface area contributed by atoms with Gasteiger partial charge in [0.25, 0.3) is 5.91 Å². The fourth-order valence-corrected chi connectivity index (χ4v) is 3.31. The van der Waals surface area contributed by atoms with E-state index in [4.69, 9.17) is 9.47 Å². The zero-order valence-electron chi connectivity index (χ0n) is 16.3. The Balaban J connectivity index is 1.56. The van der Waals surface area contributed by atoms with Gasteiger partial charge in [0, 0.05) is 24.5 Å². The summed E-state index contributed by atoms with van der Waals surface area (Å²) in [5.74, 6) is 0.290. The van der Waals surface area contributed by atoms with Crippen molar-refractivity contribution < 1.29 is 27.4 Å². The quantitative estimate of drug-likeness (QED) is 0.522. The molecule has 0 fully saturated rings. The molecule has 162 valence electrons. The standard InChI is InChI=1S/C21H14F3N5O3/c22-21(23,24)18-7-15(13-3-4-16-17(6-13)32-11-31-16)28-19-14(10-27-29(18)19)20(30)26-9-12-2-1-5-25-8-12/h1-8,10H,9,11H2,(H,26,30). The average molecular weight is 441 g/mol. The predicted octanol–water partition coefficient (Wildman–Crippen LogP) is 3.47. The number of fused-ring (bicyclic) bond motifs is 2. The van der Waals surface area contributed by atoms with Crippen molar-refractivity contribution in [2.45, 2.75) is 12.7 Å². The minimum Gasteiger partial charge on any atom is -0.454 e. The Kier molecular flexibility index (Phi) is 4.65. The van der Waals surface area contributed by atoms with Gasteiger partial charge in [-0.15, -0.1) is 0 Å². The number of hydrogen-bond donors (Lipinski definition) is 1. The third kappa shape index (κ3) is 3.57. The van der Waals surface area contributed by atoms with E-state index >= 15 is 0 Å². The van der Waals surface area contributed by atoms with E-state index in [2.05, 4.69) is 20.4 Å². The first kappa shape index (κ1) is 19.8. The molecule has 1 aliphatic rings. The van der Waals surface area contributed by atoms with Crippen molar-refractivity contribution in [1.29, 1.82) is 0 Å². The van der Waals surface area contributed by atoms with Crippen molar-refractivity contribution in [2.75, 3.05) is 6.79 Å². The molecule has 8 nitrogen and oxygen atoms in total. The lowest BCUT2D eigenvalue weighted by atomic mass is 10.1. The SMILES string of the molecule is O=C(NCc1cccnc1)c1cnn2c(C(F)(F)F)cc(-c3ccc4c(c3)OCO4)nc12. The van der Waals surface area contributed by atoms with Crippen LogP contribution in [0.5, 0.6) is 11.5 Å². The molecule has 1 N–H and O–H groups in total. The number of carbonyl (C=O) groups is 1. The lowest BCUT2D eigenvalue weighted by molar-refractivity contribution is -0.142. The van der Waals surface area contributed by atoms with Crippen molar-refractivity contribution in [3.05, 3.63) is 71.8 Å². The lowest BCUT2D eigenvalue weighted by Gasteiger charge is -2.12. The van der Waals surface area contributed by atoms with Crippen molar-refractivity contribution in [3.63, 3.8) is 0 Å². The smallest absolute Gasteiger partial charge is 0.433 e. The molecule has 4 heterocycles. The fraction of sp³-hybridized carbons (Fsp3) is 0.143. The first-order chi connectivity index (χ1) is 15.4. The molecule has 1 amide bonds. The molecule has 4 aromatic rings. The summed E-state index contributed by atoms with van der Waals surface area (Å²) in [4.78, 5) is 21.0. The number of pyridine rings is 1. The summed E-state index contributed by atoms with van der Waals surface area (Å²) in [6, 6.07) is 9.07. The van der Waals surface area contributed by atoms with Crippen LogP contribution in [-0.2, 0) is 12.7 Å². The molecule has 0 atom stereocenters. The van der Waals surface area contributed by atoms with E-state index in [9.17, 15) is 18.0 Å². The largest absolute Gasteiger partial charge is 0.454 e. The van der Waals surface area contributed by atoms with Gasteiger partial charge in [0.15, 0.2) is 22.8 Å². The highest BCUT2D eigenvalue weighted by Gasteiger charge is 2.36. The number of ether oxygens (including phenoxy) is 2. The topological polar surface area (TPSA) is 90.6 Å². The number of nitrogens with zero attached hydrogens (tertiary/aromatic N) is 4. The molecule has 0 aliphatic carbocycles. The molecule has 32 heavy (non-hydrogen) atoms. The molecule has 0 spiro atoms. The van der Waals surface area contributed by atoms with Crippen LogP contribution in [0.15, 0.2) is 55.0 Å². The monoisotopic (exact) mass is 441 g/mol. The van der Waals surface area contributed by atoms with E-state index in [1.54, 1.807) is 42.7 Å². The number of hydrogen-bond acceptors (Lipinski definition) is 6. The van der Waals surface area contributed by atoms with Crippen molar-refractivity contribution in [3.8, 4) is 22.8 Å². The Morgan fingerprint density at radius 3 is 2.75 bits per heavy atom. The molecule has 5 rings (SSSR count).